The van der Waals surface area contributed by atoms with E-state index in [-0.39, 0.29) is 10.9 Å². The number of halogens is 1. The number of methoxy groups -OCH3 is 1. The number of hydrogen-bond acceptors (Lipinski definition) is 10. The van der Waals surface area contributed by atoms with E-state index >= 15 is 0 Å². The summed E-state index contributed by atoms with van der Waals surface area (Å²) in [7, 11) is -2.17. The molecule has 2 aromatic heterocycles. The number of rotatable bonds is 8. The normalized spacial score (nSPS) is 21.6. The Morgan fingerprint density at radius 1 is 1.07 bits per heavy atom. The van der Waals surface area contributed by atoms with Crippen molar-refractivity contribution in [2.24, 2.45) is 0 Å². The van der Waals surface area contributed by atoms with Gasteiger partial charge in [0.1, 0.15) is 17.2 Å². The number of aromatic nitrogens is 3. The van der Waals surface area contributed by atoms with Crippen LogP contribution >= 0.6 is 11.6 Å². The largest absolute Gasteiger partial charge is 0.495 e. The summed E-state index contributed by atoms with van der Waals surface area (Å²) in [5.74, 6) is 1.27. The summed E-state index contributed by atoms with van der Waals surface area (Å²) in [5, 5.41) is 7.81. The molecule has 216 valence electrons. The van der Waals surface area contributed by atoms with Crippen LogP contribution in [0.15, 0.2) is 29.3 Å². The summed E-state index contributed by atoms with van der Waals surface area (Å²) in [6.45, 7) is 5.54. The molecule has 3 aromatic rings. The number of fused-ring (bicyclic) bond motifs is 1. The molecule has 1 aromatic carbocycles. The molecule has 5 heterocycles. The number of morpholine rings is 1. The number of piperidine rings is 1. The molecule has 3 aliphatic rings. The maximum Gasteiger partial charge on any atom is 0.243 e. The Bertz CT molecular complexity index is 1450. The molecule has 3 N–H and O–H groups in total. The van der Waals surface area contributed by atoms with Crippen LogP contribution in [0.5, 0.6) is 5.75 Å². The Kier molecular flexibility index (Phi) is 8.02. The predicted octanol–water partition coefficient (Wildman–Crippen LogP) is 3.05. The van der Waals surface area contributed by atoms with Gasteiger partial charge in [0.15, 0.2) is 0 Å². The number of anilines is 3. The Labute approximate surface area is 238 Å². The van der Waals surface area contributed by atoms with E-state index in [1.807, 2.05) is 0 Å². The van der Waals surface area contributed by atoms with E-state index in [4.69, 9.17) is 25.8 Å². The third kappa shape index (κ3) is 5.58. The second-order valence-electron chi connectivity index (χ2n) is 10.2. The zero-order valence-corrected chi connectivity index (χ0v) is 23.9. The number of H-pyrrole nitrogens is 1. The van der Waals surface area contributed by atoms with Crippen molar-refractivity contribution in [3.63, 3.8) is 0 Å². The average molecular weight is 592 g/mol. The van der Waals surface area contributed by atoms with Crippen LogP contribution < -0.4 is 15.4 Å². The van der Waals surface area contributed by atoms with Crippen LogP contribution in [0.2, 0.25) is 5.02 Å². The van der Waals surface area contributed by atoms with Gasteiger partial charge in [0.2, 0.25) is 16.0 Å². The van der Waals surface area contributed by atoms with Gasteiger partial charge in [0.25, 0.3) is 0 Å². The number of nitrogens with zero attached hydrogens (tertiary/aromatic N) is 4. The lowest BCUT2D eigenvalue weighted by atomic mass is 10.0. The fourth-order valence-corrected chi connectivity index (χ4v) is 7.31. The molecule has 3 saturated heterocycles. The van der Waals surface area contributed by atoms with Crippen LogP contribution in [-0.4, -0.2) is 104 Å². The van der Waals surface area contributed by atoms with Crippen molar-refractivity contribution in [3.8, 4) is 5.75 Å². The summed E-state index contributed by atoms with van der Waals surface area (Å²) in [5.41, 5.74) is 1.11. The number of hydrogen-bond donors (Lipinski definition) is 3. The predicted molar refractivity (Wildman–Crippen MR) is 152 cm³/mol. The van der Waals surface area contributed by atoms with Gasteiger partial charge in [-0.05, 0) is 31.4 Å². The average Bonchev–Trinajstić information content (AvgIpc) is 3.63. The second kappa shape index (κ2) is 11.7. The van der Waals surface area contributed by atoms with Gasteiger partial charge in [-0.3, -0.25) is 4.90 Å². The Morgan fingerprint density at radius 2 is 1.88 bits per heavy atom. The zero-order valence-electron chi connectivity index (χ0n) is 22.4. The standard InChI is InChI=1S/C26H34ClN7O5S/c1-37-22-14-19(40(35,36)34-7-4-18(5-8-34)33-9-12-38-13-10-33)2-3-21(22)30-26-31-24-23(20(27)15-28-24)25(32-26)29-17-6-11-39-16-17/h2-3,14-15,17-18H,4-13,16H2,1H3,(H3,28,29,30,31,32)/t17-/m0/s1. The van der Waals surface area contributed by atoms with Crippen molar-refractivity contribution in [3.05, 3.63) is 29.4 Å². The molecular weight excluding hydrogens is 558 g/mol. The molecule has 3 aliphatic heterocycles. The van der Waals surface area contributed by atoms with Crippen LogP contribution in [0.3, 0.4) is 0 Å². The molecule has 0 amide bonds. The van der Waals surface area contributed by atoms with Gasteiger partial charge in [-0.25, -0.2) is 8.42 Å². The highest BCUT2D eigenvalue weighted by Crippen LogP contribution is 2.34. The van der Waals surface area contributed by atoms with E-state index in [1.165, 1.54) is 7.11 Å². The van der Waals surface area contributed by atoms with E-state index < -0.39 is 10.0 Å². The lowest BCUT2D eigenvalue weighted by Gasteiger charge is -2.39. The third-order valence-corrected chi connectivity index (χ3v) is 9.99. The minimum Gasteiger partial charge on any atom is -0.495 e. The highest BCUT2D eigenvalue weighted by molar-refractivity contribution is 7.89. The number of sulfonamides is 1. The molecule has 6 rings (SSSR count). The van der Waals surface area contributed by atoms with Crippen molar-refractivity contribution in [2.75, 3.05) is 70.3 Å². The van der Waals surface area contributed by atoms with Gasteiger partial charge < -0.3 is 29.8 Å². The van der Waals surface area contributed by atoms with E-state index in [9.17, 15) is 8.42 Å². The maximum atomic E-state index is 13.5. The molecule has 1 atom stereocenters. The van der Waals surface area contributed by atoms with Crippen molar-refractivity contribution in [1.29, 1.82) is 0 Å². The summed E-state index contributed by atoms with van der Waals surface area (Å²) in [6, 6.07) is 5.33. The van der Waals surface area contributed by atoms with E-state index in [0.29, 0.717) is 71.6 Å². The summed E-state index contributed by atoms with van der Waals surface area (Å²) in [6.07, 6.45) is 4.15. The van der Waals surface area contributed by atoms with Gasteiger partial charge in [0.05, 0.1) is 54.0 Å². The Morgan fingerprint density at radius 3 is 2.60 bits per heavy atom. The lowest BCUT2D eigenvalue weighted by Crippen LogP contribution is -2.50. The van der Waals surface area contributed by atoms with Crippen molar-refractivity contribution in [2.45, 2.75) is 36.2 Å². The van der Waals surface area contributed by atoms with Crippen molar-refractivity contribution >= 4 is 50.1 Å². The highest BCUT2D eigenvalue weighted by Gasteiger charge is 2.32. The Balaban J connectivity index is 1.20. The smallest absolute Gasteiger partial charge is 0.243 e. The molecule has 12 nitrogen and oxygen atoms in total. The molecule has 40 heavy (non-hydrogen) atoms. The second-order valence-corrected chi connectivity index (χ2v) is 12.6. The number of nitrogens with one attached hydrogen (secondary N) is 3. The van der Waals surface area contributed by atoms with E-state index in [0.717, 1.165) is 45.6 Å². The van der Waals surface area contributed by atoms with Gasteiger partial charge in [-0.15, -0.1) is 0 Å². The molecule has 0 spiro atoms. The van der Waals surface area contributed by atoms with Crippen molar-refractivity contribution < 1.29 is 22.6 Å². The van der Waals surface area contributed by atoms with Crippen molar-refractivity contribution in [1.82, 2.24) is 24.2 Å². The SMILES string of the molecule is COc1cc(S(=O)(=O)N2CCC(N3CCOCC3)CC2)ccc1Nc1nc(N[C@H]2CCOC2)c2c(Cl)c[nH]c2n1. The lowest BCUT2D eigenvalue weighted by molar-refractivity contribution is 0.00610. The summed E-state index contributed by atoms with van der Waals surface area (Å²) < 4.78 is 45.1. The van der Waals surface area contributed by atoms with Crippen LogP contribution in [0, 0.1) is 0 Å². The molecule has 0 saturated carbocycles. The van der Waals surface area contributed by atoms with Gasteiger partial charge in [0, 0.05) is 51.1 Å². The highest BCUT2D eigenvalue weighted by atomic mass is 35.5. The molecule has 0 aliphatic carbocycles. The fraction of sp³-hybridized carbons (Fsp3) is 0.538. The minimum absolute atomic E-state index is 0.120. The van der Waals surface area contributed by atoms with E-state index in [2.05, 4.69) is 30.5 Å². The van der Waals surface area contributed by atoms with Gasteiger partial charge in [-0.2, -0.15) is 14.3 Å². The first-order chi connectivity index (χ1) is 19.4. The molecule has 14 heteroatoms. The number of ether oxygens (including phenoxy) is 3. The van der Waals surface area contributed by atoms with Crippen LogP contribution in [0.1, 0.15) is 19.3 Å². The molecule has 0 bridgehead atoms. The fourth-order valence-electron chi connectivity index (χ4n) is 5.59. The van der Waals surface area contributed by atoms with Crippen LogP contribution in [-0.2, 0) is 19.5 Å². The maximum absolute atomic E-state index is 13.5. The first kappa shape index (κ1) is 27.5. The van der Waals surface area contributed by atoms with E-state index in [1.54, 1.807) is 28.7 Å². The third-order valence-electron chi connectivity index (χ3n) is 7.80. The molecular formula is C26H34ClN7O5S. The molecule has 3 fully saturated rings. The first-order valence-corrected chi connectivity index (χ1v) is 15.4. The zero-order chi connectivity index (χ0) is 27.7. The van der Waals surface area contributed by atoms with Gasteiger partial charge >= 0.3 is 0 Å². The number of aromatic amines is 1. The monoisotopic (exact) mass is 591 g/mol. The quantitative estimate of drug-likeness (QED) is 0.359. The first-order valence-electron chi connectivity index (χ1n) is 13.6. The van der Waals surface area contributed by atoms with Crippen LogP contribution in [0.4, 0.5) is 17.5 Å². The topological polar surface area (TPSA) is 134 Å². The minimum atomic E-state index is -3.68. The molecule has 0 radical (unpaired) electrons. The summed E-state index contributed by atoms with van der Waals surface area (Å²) >= 11 is 6.40. The van der Waals surface area contributed by atoms with Crippen LogP contribution in [0.25, 0.3) is 11.0 Å². The van der Waals surface area contributed by atoms with Gasteiger partial charge in [-0.1, -0.05) is 11.6 Å². The Hall–Kier alpha value is -2.68. The number of benzene rings is 1. The summed E-state index contributed by atoms with van der Waals surface area (Å²) in [4.78, 5) is 14.9. The molecule has 0 unspecified atom stereocenters.